The molecule has 2 aliphatic heterocycles. The van der Waals surface area contributed by atoms with Gasteiger partial charge in [-0.1, -0.05) is 24.3 Å². The van der Waals surface area contributed by atoms with Crippen molar-refractivity contribution < 1.29 is 13.9 Å². The molecule has 0 atom stereocenters. The molecule has 3 aromatic carbocycles. The molecule has 0 aliphatic carbocycles. The number of hydrogen-bond acceptors (Lipinski definition) is 3. The fourth-order valence-corrected chi connectivity index (χ4v) is 4.73. The molecule has 0 radical (unpaired) electrons. The van der Waals surface area contributed by atoms with Crippen molar-refractivity contribution >= 4 is 11.6 Å². The number of fused-ring (bicyclic) bond motifs is 6. The van der Waals surface area contributed by atoms with Gasteiger partial charge in [-0.25, -0.2) is 4.39 Å². The predicted octanol–water partition coefficient (Wildman–Crippen LogP) is 4.75. The summed E-state index contributed by atoms with van der Waals surface area (Å²) < 4.78 is 20.8. The van der Waals surface area contributed by atoms with Crippen LogP contribution < -0.4 is 9.64 Å². The number of aryl methyl sites for hydroxylation is 2. The first-order valence-corrected chi connectivity index (χ1v) is 9.99. The number of halogens is 1. The SMILES string of the molecule is Cc1ccc2c(c1)Oc1cc(C)ccc1C21C(=O)N(CN(C)C)c2ccc(F)cc21. The molecule has 0 fully saturated rings. The predicted molar refractivity (Wildman–Crippen MR) is 115 cm³/mol. The molecule has 0 saturated heterocycles. The van der Waals surface area contributed by atoms with Crippen molar-refractivity contribution in [1.29, 1.82) is 0 Å². The molecule has 2 heterocycles. The Morgan fingerprint density at radius 2 is 1.50 bits per heavy atom. The van der Waals surface area contributed by atoms with Gasteiger partial charge < -0.3 is 4.74 Å². The summed E-state index contributed by atoms with van der Waals surface area (Å²) in [6.45, 7) is 4.39. The van der Waals surface area contributed by atoms with E-state index in [0.717, 1.165) is 27.9 Å². The van der Waals surface area contributed by atoms with Crippen molar-refractivity contribution in [3.63, 3.8) is 0 Å². The van der Waals surface area contributed by atoms with Gasteiger partial charge in [0.05, 0.1) is 12.4 Å². The number of benzene rings is 3. The van der Waals surface area contributed by atoms with Gasteiger partial charge in [-0.2, -0.15) is 0 Å². The van der Waals surface area contributed by atoms with Gasteiger partial charge in [0.2, 0.25) is 5.91 Å². The summed E-state index contributed by atoms with van der Waals surface area (Å²) in [6.07, 6.45) is 0. The average Bonchev–Trinajstić information content (AvgIpc) is 2.90. The third-order valence-electron chi connectivity index (χ3n) is 5.95. The largest absolute Gasteiger partial charge is 0.457 e. The first-order valence-electron chi connectivity index (χ1n) is 9.99. The highest BCUT2D eigenvalue weighted by atomic mass is 19.1. The fourth-order valence-electron chi connectivity index (χ4n) is 4.73. The maximum Gasteiger partial charge on any atom is 0.248 e. The Labute approximate surface area is 175 Å². The Bertz CT molecular complexity index is 1150. The summed E-state index contributed by atoms with van der Waals surface area (Å²) in [4.78, 5) is 17.9. The number of nitrogens with zero attached hydrogens (tertiary/aromatic N) is 2. The van der Waals surface area contributed by atoms with Gasteiger partial charge in [-0.3, -0.25) is 14.6 Å². The maximum absolute atomic E-state index is 14.5. The zero-order chi connectivity index (χ0) is 21.2. The molecule has 0 N–H and O–H groups in total. The fraction of sp³-hybridized carbons (Fsp3) is 0.240. The van der Waals surface area contributed by atoms with Crippen LogP contribution in [0.2, 0.25) is 0 Å². The van der Waals surface area contributed by atoms with E-state index in [1.54, 1.807) is 11.0 Å². The van der Waals surface area contributed by atoms with E-state index in [4.69, 9.17) is 4.74 Å². The lowest BCUT2D eigenvalue weighted by molar-refractivity contribution is -0.121. The first-order chi connectivity index (χ1) is 14.3. The Morgan fingerprint density at radius 3 is 2.07 bits per heavy atom. The molecule has 0 aromatic heterocycles. The van der Waals surface area contributed by atoms with E-state index >= 15 is 0 Å². The van der Waals surface area contributed by atoms with Crippen LogP contribution in [0.5, 0.6) is 11.5 Å². The summed E-state index contributed by atoms with van der Waals surface area (Å²) in [5, 5.41) is 0. The van der Waals surface area contributed by atoms with Gasteiger partial charge in [0.1, 0.15) is 22.7 Å². The number of amides is 1. The minimum Gasteiger partial charge on any atom is -0.457 e. The highest BCUT2D eigenvalue weighted by Crippen LogP contribution is 2.58. The standard InChI is InChI=1S/C25H23FN2O2/c1-15-5-8-18-22(11-15)30-23-12-16(2)6-9-19(23)25(18)20-13-17(26)7-10-21(20)28(24(25)29)14-27(3)4/h5-13H,14H2,1-4H3. The molecule has 0 saturated carbocycles. The molecule has 5 heteroatoms. The molecule has 30 heavy (non-hydrogen) atoms. The summed E-state index contributed by atoms with van der Waals surface area (Å²) in [5.41, 5.74) is 3.83. The third-order valence-corrected chi connectivity index (χ3v) is 5.95. The van der Waals surface area contributed by atoms with Gasteiger partial charge in [-0.05, 0) is 69.4 Å². The molecule has 5 rings (SSSR count). The number of hydrogen-bond donors (Lipinski definition) is 0. The molecule has 152 valence electrons. The molecule has 3 aromatic rings. The van der Waals surface area contributed by atoms with E-state index in [2.05, 4.69) is 0 Å². The van der Waals surface area contributed by atoms with E-state index in [1.165, 1.54) is 12.1 Å². The zero-order valence-corrected chi connectivity index (χ0v) is 17.5. The number of carbonyl (C=O) groups is 1. The van der Waals surface area contributed by atoms with E-state index < -0.39 is 5.41 Å². The lowest BCUT2D eigenvalue weighted by atomic mass is 9.68. The first kappa shape index (κ1) is 18.8. The minimum absolute atomic E-state index is 0.0877. The molecule has 2 aliphatic rings. The Morgan fingerprint density at radius 1 is 0.900 bits per heavy atom. The highest BCUT2D eigenvalue weighted by Gasteiger charge is 2.57. The van der Waals surface area contributed by atoms with Crippen LogP contribution in [-0.4, -0.2) is 31.6 Å². The molecule has 0 bridgehead atoms. The molecule has 1 spiro atoms. The molecule has 0 unspecified atom stereocenters. The number of carbonyl (C=O) groups excluding carboxylic acids is 1. The van der Waals surface area contributed by atoms with Crippen LogP contribution in [0.15, 0.2) is 54.6 Å². The van der Waals surface area contributed by atoms with Crippen LogP contribution in [0.25, 0.3) is 0 Å². The maximum atomic E-state index is 14.5. The molecule has 4 nitrogen and oxygen atoms in total. The van der Waals surface area contributed by atoms with Crippen molar-refractivity contribution in [2.45, 2.75) is 19.3 Å². The third kappa shape index (κ3) is 2.45. The highest BCUT2D eigenvalue weighted by molar-refractivity contribution is 6.14. The van der Waals surface area contributed by atoms with Crippen molar-refractivity contribution in [2.24, 2.45) is 0 Å². The van der Waals surface area contributed by atoms with Crippen LogP contribution in [0.4, 0.5) is 10.1 Å². The van der Waals surface area contributed by atoms with Gasteiger partial charge in [0, 0.05) is 16.7 Å². The van der Waals surface area contributed by atoms with E-state index in [-0.39, 0.29) is 11.7 Å². The smallest absolute Gasteiger partial charge is 0.248 e. The second-order valence-corrected chi connectivity index (χ2v) is 8.47. The second kappa shape index (κ2) is 6.41. The summed E-state index contributed by atoms with van der Waals surface area (Å²) in [6, 6.07) is 16.4. The van der Waals surface area contributed by atoms with Gasteiger partial charge in [0.25, 0.3) is 0 Å². The Balaban J connectivity index is 1.90. The molecular weight excluding hydrogens is 379 g/mol. The topological polar surface area (TPSA) is 32.8 Å². The van der Waals surface area contributed by atoms with Crippen LogP contribution in [0.1, 0.15) is 27.8 Å². The monoisotopic (exact) mass is 402 g/mol. The summed E-state index contributed by atoms with van der Waals surface area (Å²) >= 11 is 0. The van der Waals surface area contributed by atoms with Crippen LogP contribution in [-0.2, 0) is 10.2 Å². The minimum atomic E-state index is -1.14. The van der Waals surface area contributed by atoms with E-state index in [9.17, 15) is 9.18 Å². The average molecular weight is 402 g/mol. The number of anilines is 1. The lowest BCUT2D eigenvalue weighted by Gasteiger charge is -2.37. The second-order valence-electron chi connectivity index (χ2n) is 8.47. The quantitative estimate of drug-likeness (QED) is 0.620. The number of ether oxygens (including phenoxy) is 1. The van der Waals surface area contributed by atoms with Crippen LogP contribution in [0, 0.1) is 19.7 Å². The molecule has 1 amide bonds. The van der Waals surface area contributed by atoms with Crippen LogP contribution >= 0.6 is 0 Å². The van der Waals surface area contributed by atoms with Crippen molar-refractivity contribution in [1.82, 2.24) is 4.90 Å². The van der Waals surface area contributed by atoms with E-state index in [1.807, 2.05) is 69.2 Å². The Kier molecular flexibility index (Phi) is 4.02. The number of rotatable bonds is 2. The van der Waals surface area contributed by atoms with Gasteiger partial charge in [0.15, 0.2) is 0 Å². The summed E-state index contributed by atoms with van der Waals surface area (Å²) in [5.74, 6) is 0.837. The van der Waals surface area contributed by atoms with Gasteiger partial charge >= 0.3 is 0 Å². The normalized spacial score (nSPS) is 15.8. The summed E-state index contributed by atoms with van der Waals surface area (Å²) in [7, 11) is 3.83. The Hall–Kier alpha value is -3.18. The van der Waals surface area contributed by atoms with Crippen molar-refractivity contribution in [3.8, 4) is 11.5 Å². The van der Waals surface area contributed by atoms with Crippen molar-refractivity contribution in [3.05, 3.63) is 88.2 Å². The zero-order valence-electron chi connectivity index (χ0n) is 17.5. The lowest BCUT2D eigenvalue weighted by Crippen LogP contribution is -2.46. The van der Waals surface area contributed by atoms with Crippen LogP contribution in [0.3, 0.4) is 0 Å². The molecular formula is C25H23FN2O2. The van der Waals surface area contributed by atoms with Crippen molar-refractivity contribution in [2.75, 3.05) is 25.7 Å². The van der Waals surface area contributed by atoms with Gasteiger partial charge in [-0.15, -0.1) is 0 Å². The van der Waals surface area contributed by atoms with E-state index in [0.29, 0.717) is 23.7 Å².